The van der Waals surface area contributed by atoms with E-state index in [4.69, 9.17) is 11.1 Å². The van der Waals surface area contributed by atoms with Crippen LogP contribution in [-0.4, -0.2) is 29.9 Å². The number of rotatable bonds is 2. The fourth-order valence-electron chi connectivity index (χ4n) is 2.98. The van der Waals surface area contributed by atoms with Gasteiger partial charge >= 0.3 is 0 Å². The van der Waals surface area contributed by atoms with Crippen molar-refractivity contribution in [1.82, 2.24) is 4.90 Å². The predicted molar refractivity (Wildman–Crippen MR) is 58.4 cm³/mol. The third-order valence-corrected chi connectivity index (χ3v) is 3.87. The lowest BCUT2D eigenvalue weighted by atomic mass is 9.77. The number of likely N-dealkylation sites (tertiary alicyclic amines) is 1. The molecule has 3 atom stereocenters. The van der Waals surface area contributed by atoms with Gasteiger partial charge in [-0.3, -0.25) is 10.3 Å². The van der Waals surface area contributed by atoms with Crippen LogP contribution in [0.3, 0.4) is 0 Å². The van der Waals surface area contributed by atoms with Gasteiger partial charge < -0.3 is 5.73 Å². The summed E-state index contributed by atoms with van der Waals surface area (Å²) >= 11 is 0. The fourth-order valence-corrected chi connectivity index (χ4v) is 2.98. The number of nitrogens with one attached hydrogen (secondary N) is 1. The Hall–Kier alpha value is -0.570. The summed E-state index contributed by atoms with van der Waals surface area (Å²) in [5.41, 5.74) is 5.56. The second-order valence-electron chi connectivity index (χ2n) is 4.98. The Labute approximate surface area is 86.2 Å². The van der Waals surface area contributed by atoms with Crippen LogP contribution in [0.5, 0.6) is 0 Å². The van der Waals surface area contributed by atoms with Crippen molar-refractivity contribution in [3.63, 3.8) is 0 Å². The van der Waals surface area contributed by atoms with E-state index in [1.54, 1.807) is 0 Å². The van der Waals surface area contributed by atoms with Gasteiger partial charge in [0.2, 0.25) is 0 Å². The molecule has 0 aromatic carbocycles. The predicted octanol–water partition coefficient (Wildman–Crippen LogP) is 1.43. The summed E-state index contributed by atoms with van der Waals surface area (Å²) in [4.78, 5) is 2.40. The summed E-state index contributed by atoms with van der Waals surface area (Å²) in [6.07, 6.45) is 5.61. The molecule has 1 saturated carbocycles. The van der Waals surface area contributed by atoms with Crippen LogP contribution >= 0.6 is 0 Å². The van der Waals surface area contributed by atoms with Crippen molar-refractivity contribution in [3.05, 3.63) is 0 Å². The summed E-state index contributed by atoms with van der Waals surface area (Å²) in [5.74, 6) is 2.08. The first-order valence-corrected chi connectivity index (χ1v) is 5.74. The minimum atomic E-state index is 0.151. The Morgan fingerprint density at radius 2 is 1.93 bits per heavy atom. The Kier molecular flexibility index (Phi) is 2.77. The molecule has 1 aliphatic carbocycles. The number of amidine groups is 1. The van der Waals surface area contributed by atoms with Gasteiger partial charge in [-0.05, 0) is 38.0 Å². The molecule has 3 unspecified atom stereocenters. The van der Waals surface area contributed by atoms with E-state index in [0.29, 0.717) is 5.84 Å². The number of piperidine rings is 1. The summed E-state index contributed by atoms with van der Waals surface area (Å²) in [6, 6.07) is 0.151. The van der Waals surface area contributed by atoms with Crippen LogP contribution < -0.4 is 5.73 Å². The largest absolute Gasteiger partial charge is 0.386 e. The monoisotopic (exact) mass is 195 g/mol. The second-order valence-corrected chi connectivity index (χ2v) is 4.98. The average Bonchev–Trinajstić information content (AvgIpc) is 2.15. The molecule has 2 rings (SSSR count). The Balaban J connectivity index is 1.98. The SMILES string of the molecule is CC(C(=N)N)N1CC2CCCC(C2)C1. The molecule has 1 aliphatic heterocycles. The van der Waals surface area contributed by atoms with Crippen LogP contribution in [0.1, 0.15) is 32.6 Å². The molecule has 0 spiro atoms. The highest BCUT2D eigenvalue weighted by molar-refractivity contribution is 5.82. The molecular weight excluding hydrogens is 174 g/mol. The zero-order valence-corrected chi connectivity index (χ0v) is 9.00. The van der Waals surface area contributed by atoms with Crippen LogP contribution in [0.4, 0.5) is 0 Å². The second kappa shape index (κ2) is 3.89. The smallest absolute Gasteiger partial charge is 0.108 e. The third kappa shape index (κ3) is 1.92. The quantitative estimate of drug-likeness (QED) is 0.517. The molecule has 0 aromatic rings. The van der Waals surface area contributed by atoms with E-state index < -0.39 is 0 Å². The summed E-state index contributed by atoms with van der Waals surface area (Å²) in [5, 5.41) is 7.48. The zero-order chi connectivity index (χ0) is 10.1. The van der Waals surface area contributed by atoms with Crippen LogP contribution in [0.15, 0.2) is 0 Å². The van der Waals surface area contributed by atoms with Crippen LogP contribution in [0, 0.1) is 17.2 Å². The molecule has 3 heteroatoms. The molecule has 0 aromatic heterocycles. The highest BCUT2D eigenvalue weighted by Gasteiger charge is 2.32. The molecule has 2 bridgehead atoms. The van der Waals surface area contributed by atoms with E-state index in [1.807, 2.05) is 0 Å². The van der Waals surface area contributed by atoms with Crippen LogP contribution in [0.2, 0.25) is 0 Å². The van der Waals surface area contributed by atoms with Crippen LogP contribution in [0.25, 0.3) is 0 Å². The zero-order valence-electron chi connectivity index (χ0n) is 9.00. The number of nitrogens with two attached hydrogens (primary N) is 1. The first kappa shape index (κ1) is 9.97. The Bertz CT molecular complexity index is 215. The van der Waals surface area contributed by atoms with E-state index in [-0.39, 0.29) is 6.04 Å². The van der Waals surface area contributed by atoms with Crippen LogP contribution in [-0.2, 0) is 0 Å². The van der Waals surface area contributed by atoms with Gasteiger partial charge in [-0.1, -0.05) is 6.42 Å². The van der Waals surface area contributed by atoms with Gasteiger partial charge in [0, 0.05) is 13.1 Å². The highest BCUT2D eigenvalue weighted by atomic mass is 15.2. The standard InChI is InChI=1S/C11H21N3/c1-8(11(12)13)14-6-9-3-2-4-10(5-9)7-14/h8-10H,2-7H2,1H3,(H3,12,13). The van der Waals surface area contributed by atoms with E-state index >= 15 is 0 Å². The molecule has 0 amide bonds. The summed E-state index contributed by atoms with van der Waals surface area (Å²) in [7, 11) is 0. The molecule has 2 fully saturated rings. The molecular formula is C11H21N3. The molecule has 80 valence electrons. The fraction of sp³-hybridized carbons (Fsp3) is 0.909. The number of fused-ring (bicyclic) bond motifs is 2. The number of hydrogen-bond donors (Lipinski definition) is 2. The maximum atomic E-state index is 7.48. The Morgan fingerprint density at radius 3 is 2.43 bits per heavy atom. The van der Waals surface area contributed by atoms with Crippen molar-refractivity contribution in [3.8, 4) is 0 Å². The molecule has 2 aliphatic rings. The minimum Gasteiger partial charge on any atom is -0.386 e. The molecule has 0 radical (unpaired) electrons. The number of hydrogen-bond acceptors (Lipinski definition) is 2. The van der Waals surface area contributed by atoms with Gasteiger partial charge in [-0.25, -0.2) is 0 Å². The maximum Gasteiger partial charge on any atom is 0.108 e. The summed E-state index contributed by atoms with van der Waals surface area (Å²) in [6.45, 7) is 4.39. The van der Waals surface area contributed by atoms with Gasteiger partial charge in [0.1, 0.15) is 5.84 Å². The van der Waals surface area contributed by atoms with Gasteiger partial charge in [-0.2, -0.15) is 0 Å². The van der Waals surface area contributed by atoms with E-state index in [1.165, 1.54) is 25.7 Å². The first-order chi connectivity index (χ1) is 6.66. The molecule has 1 saturated heterocycles. The highest BCUT2D eigenvalue weighted by Crippen LogP contribution is 2.34. The van der Waals surface area contributed by atoms with Crippen molar-refractivity contribution >= 4 is 5.84 Å². The van der Waals surface area contributed by atoms with Crippen molar-refractivity contribution in [2.24, 2.45) is 17.6 Å². The van der Waals surface area contributed by atoms with Gasteiger partial charge in [0.25, 0.3) is 0 Å². The lowest BCUT2D eigenvalue weighted by molar-refractivity contribution is 0.0762. The Morgan fingerprint density at radius 1 is 1.36 bits per heavy atom. The maximum absolute atomic E-state index is 7.48. The molecule has 1 heterocycles. The van der Waals surface area contributed by atoms with Gasteiger partial charge in [0.05, 0.1) is 6.04 Å². The lowest BCUT2D eigenvalue weighted by Gasteiger charge is -2.43. The van der Waals surface area contributed by atoms with Gasteiger partial charge in [0.15, 0.2) is 0 Å². The summed E-state index contributed by atoms with van der Waals surface area (Å²) < 4.78 is 0. The molecule has 3 nitrogen and oxygen atoms in total. The minimum absolute atomic E-state index is 0.151. The lowest BCUT2D eigenvalue weighted by Crippen LogP contribution is -2.50. The van der Waals surface area contributed by atoms with Crippen molar-refractivity contribution in [2.75, 3.05) is 13.1 Å². The van der Waals surface area contributed by atoms with Gasteiger partial charge in [-0.15, -0.1) is 0 Å². The third-order valence-electron chi connectivity index (χ3n) is 3.87. The number of nitrogens with zero attached hydrogens (tertiary/aromatic N) is 1. The van der Waals surface area contributed by atoms with E-state index in [9.17, 15) is 0 Å². The van der Waals surface area contributed by atoms with Crippen molar-refractivity contribution in [2.45, 2.75) is 38.6 Å². The molecule has 3 N–H and O–H groups in total. The first-order valence-electron chi connectivity index (χ1n) is 5.74. The normalized spacial score (nSPS) is 35.2. The van der Waals surface area contributed by atoms with Crippen molar-refractivity contribution < 1.29 is 0 Å². The average molecular weight is 195 g/mol. The molecule has 14 heavy (non-hydrogen) atoms. The van der Waals surface area contributed by atoms with E-state index in [0.717, 1.165) is 24.9 Å². The van der Waals surface area contributed by atoms with Crippen molar-refractivity contribution in [1.29, 1.82) is 5.41 Å². The van der Waals surface area contributed by atoms with E-state index in [2.05, 4.69) is 11.8 Å². The topological polar surface area (TPSA) is 53.1 Å².